The Morgan fingerprint density at radius 2 is 1.94 bits per heavy atom. The number of pyridine rings is 1. The Kier molecular flexibility index (Phi) is 2.34. The van der Waals surface area contributed by atoms with Crippen LogP contribution in [0.5, 0.6) is 5.88 Å². The number of rotatable bonds is 1. The first-order valence-electron chi connectivity index (χ1n) is 5.52. The Balaban J connectivity index is 2.13. The molecule has 0 fully saturated rings. The van der Waals surface area contributed by atoms with Crippen molar-refractivity contribution in [3.05, 3.63) is 60.0 Å². The highest BCUT2D eigenvalue weighted by Gasteiger charge is 2.09. The molecule has 1 aliphatic carbocycles. The third kappa shape index (κ3) is 1.73. The van der Waals surface area contributed by atoms with Crippen molar-refractivity contribution >= 4 is 17.5 Å². The van der Waals surface area contributed by atoms with Gasteiger partial charge in [-0.15, -0.1) is 0 Å². The van der Waals surface area contributed by atoms with E-state index in [-0.39, 0.29) is 11.7 Å². The van der Waals surface area contributed by atoms with E-state index in [2.05, 4.69) is 4.98 Å². The summed E-state index contributed by atoms with van der Waals surface area (Å²) in [6, 6.07) is 5.54. The largest absolute Gasteiger partial charge is 0.492 e. The number of nitrogens with zero attached hydrogens (tertiary/aromatic N) is 2. The van der Waals surface area contributed by atoms with Crippen LogP contribution in [-0.4, -0.2) is 20.3 Å². The van der Waals surface area contributed by atoms with E-state index in [4.69, 9.17) is 0 Å². The first-order chi connectivity index (χ1) is 8.74. The van der Waals surface area contributed by atoms with E-state index in [9.17, 15) is 9.90 Å². The lowest BCUT2D eigenvalue weighted by molar-refractivity contribution is -0.110. The molecule has 3 rings (SSSR count). The summed E-state index contributed by atoms with van der Waals surface area (Å²) in [5.41, 5.74) is 2.13. The second-order valence-electron chi connectivity index (χ2n) is 3.96. The Bertz CT molecular complexity index is 702. The van der Waals surface area contributed by atoms with Crippen molar-refractivity contribution in [3.63, 3.8) is 0 Å². The van der Waals surface area contributed by atoms with Gasteiger partial charge in [-0.3, -0.25) is 9.20 Å². The molecule has 18 heavy (non-hydrogen) atoms. The van der Waals surface area contributed by atoms with Crippen molar-refractivity contribution in [1.82, 2.24) is 9.38 Å². The van der Waals surface area contributed by atoms with Crippen LogP contribution in [0, 0.1) is 0 Å². The van der Waals surface area contributed by atoms with Gasteiger partial charge in [0.2, 0.25) is 5.88 Å². The summed E-state index contributed by atoms with van der Waals surface area (Å²) in [5, 5.41) is 9.83. The molecule has 0 radical (unpaired) electrons. The Morgan fingerprint density at radius 1 is 1.17 bits per heavy atom. The molecule has 0 spiro atoms. The average Bonchev–Trinajstić information content (AvgIpc) is 2.69. The first-order valence-corrected chi connectivity index (χ1v) is 5.52. The van der Waals surface area contributed by atoms with Crippen LogP contribution in [0.15, 0.2) is 54.3 Å². The van der Waals surface area contributed by atoms with E-state index >= 15 is 0 Å². The molecule has 1 N–H and O–H groups in total. The molecule has 0 saturated heterocycles. The summed E-state index contributed by atoms with van der Waals surface area (Å²) in [4.78, 5) is 15.1. The highest BCUT2D eigenvalue weighted by Crippen LogP contribution is 2.22. The third-order valence-corrected chi connectivity index (χ3v) is 2.73. The molecule has 0 bridgehead atoms. The number of carbonyl (C=O) groups excluding carboxylic acids is 1. The highest BCUT2D eigenvalue weighted by molar-refractivity contribution is 6.01. The van der Waals surface area contributed by atoms with E-state index in [1.54, 1.807) is 22.6 Å². The van der Waals surface area contributed by atoms with E-state index in [0.717, 1.165) is 5.57 Å². The van der Waals surface area contributed by atoms with E-state index in [1.165, 1.54) is 12.2 Å². The molecule has 4 nitrogen and oxygen atoms in total. The maximum absolute atomic E-state index is 11.0. The van der Waals surface area contributed by atoms with Crippen LogP contribution in [0.1, 0.15) is 5.69 Å². The van der Waals surface area contributed by atoms with Gasteiger partial charge in [0.05, 0.1) is 0 Å². The first kappa shape index (κ1) is 10.5. The number of hydrogen-bond donors (Lipinski definition) is 1. The fraction of sp³-hybridized carbons (Fsp3) is 0. The summed E-state index contributed by atoms with van der Waals surface area (Å²) in [7, 11) is 0. The molecule has 2 heterocycles. The van der Waals surface area contributed by atoms with Gasteiger partial charge in [0.1, 0.15) is 11.3 Å². The zero-order valence-electron chi connectivity index (χ0n) is 9.45. The van der Waals surface area contributed by atoms with Gasteiger partial charge in [-0.25, -0.2) is 0 Å². The van der Waals surface area contributed by atoms with Gasteiger partial charge in [0, 0.05) is 6.20 Å². The third-order valence-electron chi connectivity index (χ3n) is 2.73. The second-order valence-corrected chi connectivity index (χ2v) is 3.96. The normalized spacial score (nSPS) is 14.4. The lowest BCUT2D eigenvalue weighted by atomic mass is 10.1. The molecule has 4 heteroatoms. The Morgan fingerprint density at radius 3 is 2.72 bits per heavy atom. The van der Waals surface area contributed by atoms with Gasteiger partial charge in [-0.2, -0.15) is 4.98 Å². The molecule has 0 aliphatic heterocycles. The van der Waals surface area contributed by atoms with Crippen molar-refractivity contribution < 1.29 is 9.90 Å². The fourth-order valence-corrected chi connectivity index (χ4v) is 1.86. The second kappa shape index (κ2) is 4.00. The molecule has 0 atom stereocenters. The van der Waals surface area contributed by atoms with Crippen molar-refractivity contribution in [2.75, 3.05) is 0 Å². The van der Waals surface area contributed by atoms with Gasteiger partial charge < -0.3 is 5.11 Å². The van der Waals surface area contributed by atoms with Crippen LogP contribution in [0.25, 0.3) is 11.7 Å². The Hall–Kier alpha value is -2.62. The molecule has 88 valence electrons. The number of aromatic hydroxyl groups is 1. The number of imidazole rings is 1. The van der Waals surface area contributed by atoms with E-state index in [0.29, 0.717) is 11.3 Å². The average molecular weight is 238 g/mol. The minimum atomic E-state index is -0.0329. The smallest absolute Gasteiger partial charge is 0.237 e. The number of fused-ring (bicyclic) bond motifs is 1. The number of allylic oxidation sites excluding steroid dienone is 5. The molecular weight excluding hydrogens is 228 g/mol. The van der Waals surface area contributed by atoms with Gasteiger partial charge in [-0.05, 0) is 35.9 Å². The van der Waals surface area contributed by atoms with E-state index < -0.39 is 0 Å². The maximum atomic E-state index is 11.0. The standard InChI is InChI=1S/C14H10N2O2/c17-11-6-4-10(5-7-11)9-12-14(18)15-13-3-1-2-8-16(12)13/h1-9,18H. The number of hydrogen-bond acceptors (Lipinski definition) is 3. The van der Waals surface area contributed by atoms with Gasteiger partial charge >= 0.3 is 0 Å². The Labute approximate surface area is 103 Å². The zero-order valence-corrected chi connectivity index (χ0v) is 9.45. The van der Waals surface area contributed by atoms with Crippen molar-refractivity contribution in [3.8, 4) is 5.88 Å². The van der Waals surface area contributed by atoms with Crippen molar-refractivity contribution in [1.29, 1.82) is 0 Å². The van der Waals surface area contributed by atoms with Gasteiger partial charge in [0.25, 0.3) is 0 Å². The van der Waals surface area contributed by atoms with Gasteiger partial charge in [-0.1, -0.05) is 18.2 Å². The quantitative estimate of drug-likeness (QED) is 0.827. The van der Waals surface area contributed by atoms with E-state index in [1.807, 2.05) is 24.4 Å². The minimum Gasteiger partial charge on any atom is -0.492 e. The minimum absolute atomic E-state index is 0.0209. The highest BCUT2D eigenvalue weighted by atomic mass is 16.3. The molecule has 2 aromatic heterocycles. The summed E-state index contributed by atoms with van der Waals surface area (Å²) in [5.74, 6) is -0.0538. The lowest BCUT2D eigenvalue weighted by Gasteiger charge is -2.00. The van der Waals surface area contributed by atoms with Crippen LogP contribution >= 0.6 is 0 Å². The van der Waals surface area contributed by atoms with Gasteiger partial charge in [0.15, 0.2) is 5.78 Å². The molecular formula is C14H10N2O2. The van der Waals surface area contributed by atoms with Crippen LogP contribution in [0.2, 0.25) is 0 Å². The summed E-state index contributed by atoms with van der Waals surface area (Å²) < 4.78 is 1.79. The van der Waals surface area contributed by atoms with Crippen molar-refractivity contribution in [2.24, 2.45) is 0 Å². The van der Waals surface area contributed by atoms with Crippen LogP contribution < -0.4 is 0 Å². The molecule has 2 aromatic rings. The number of ketones is 1. The summed E-state index contributed by atoms with van der Waals surface area (Å²) in [6.45, 7) is 0. The zero-order chi connectivity index (χ0) is 12.5. The molecule has 1 aliphatic rings. The molecule has 0 amide bonds. The fourth-order valence-electron chi connectivity index (χ4n) is 1.86. The van der Waals surface area contributed by atoms with Crippen molar-refractivity contribution in [2.45, 2.75) is 0 Å². The number of carbonyl (C=O) groups is 1. The SMILES string of the molecule is O=C1C=CC(=Cc2c(O)nc3ccccn23)C=C1. The molecule has 0 saturated carbocycles. The summed E-state index contributed by atoms with van der Waals surface area (Å²) in [6.07, 6.45) is 10.0. The maximum Gasteiger partial charge on any atom is 0.237 e. The van der Waals surface area contributed by atoms with Crippen LogP contribution in [0.4, 0.5) is 0 Å². The predicted octanol–water partition coefficient (Wildman–Crippen LogP) is 2.12. The molecule has 0 aromatic carbocycles. The monoisotopic (exact) mass is 238 g/mol. The number of aromatic nitrogens is 2. The molecule has 0 unspecified atom stereocenters. The van der Waals surface area contributed by atoms with Crippen LogP contribution in [-0.2, 0) is 4.79 Å². The topological polar surface area (TPSA) is 54.6 Å². The van der Waals surface area contributed by atoms with Crippen LogP contribution in [0.3, 0.4) is 0 Å². The summed E-state index contributed by atoms with van der Waals surface area (Å²) >= 11 is 0. The lowest BCUT2D eigenvalue weighted by Crippen LogP contribution is -1.92. The predicted molar refractivity (Wildman–Crippen MR) is 68.1 cm³/mol.